The van der Waals surface area contributed by atoms with Gasteiger partial charge in [0.1, 0.15) is 0 Å². The number of ether oxygens (including phenoxy) is 1. The fraction of sp³-hybridized carbons (Fsp3) is 1.00. The lowest BCUT2D eigenvalue weighted by Crippen LogP contribution is -2.28. The normalized spacial score (nSPS) is 22.4. The van der Waals surface area contributed by atoms with E-state index in [1.165, 1.54) is 0 Å². The molecule has 0 amide bonds. The summed E-state index contributed by atoms with van der Waals surface area (Å²) in [5.41, 5.74) is -0.219. The van der Waals surface area contributed by atoms with Crippen LogP contribution in [0.5, 0.6) is 0 Å². The topological polar surface area (TPSA) is 9.23 Å². The fourth-order valence-electron chi connectivity index (χ4n) is 3.28. The predicted octanol–water partition coefficient (Wildman–Crippen LogP) is 4.65. The van der Waals surface area contributed by atoms with Crippen LogP contribution >= 0.6 is 0 Å². The van der Waals surface area contributed by atoms with Gasteiger partial charge in [-0.3, -0.25) is 0 Å². The minimum absolute atomic E-state index is 0.0120. The van der Waals surface area contributed by atoms with Gasteiger partial charge in [-0.1, -0.05) is 27.7 Å². The van der Waals surface area contributed by atoms with E-state index < -0.39 is 6.43 Å². The van der Waals surface area contributed by atoms with Crippen molar-refractivity contribution in [1.82, 2.24) is 0 Å². The van der Waals surface area contributed by atoms with E-state index in [0.717, 1.165) is 32.3 Å². The van der Waals surface area contributed by atoms with Crippen molar-refractivity contribution in [3.05, 3.63) is 0 Å². The van der Waals surface area contributed by atoms with Crippen molar-refractivity contribution in [3.8, 4) is 0 Å². The van der Waals surface area contributed by atoms with Gasteiger partial charge < -0.3 is 4.74 Å². The highest BCUT2D eigenvalue weighted by Gasteiger charge is 2.33. The van der Waals surface area contributed by atoms with Gasteiger partial charge in [0.25, 0.3) is 0 Å². The summed E-state index contributed by atoms with van der Waals surface area (Å²) in [7, 11) is 0. The molecule has 0 N–H and O–H groups in total. The summed E-state index contributed by atoms with van der Waals surface area (Å²) in [6, 6.07) is 0. The second-order valence-corrected chi connectivity index (χ2v) is 6.94. The van der Waals surface area contributed by atoms with E-state index >= 15 is 0 Å². The Hall–Kier alpha value is -0.180. The van der Waals surface area contributed by atoms with E-state index in [2.05, 4.69) is 13.8 Å². The number of hydrogen-bond donors (Lipinski definition) is 0. The summed E-state index contributed by atoms with van der Waals surface area (Å²) in [4.78, 5) is 0. The molecule has 0 saturated carbocycles. The summed E-state index contributed by atoms with van der Waals surface area (Å²) in [5, 5.41) is 0. The molecule has 3 heteroatoms. The van der Waals surface area contributed by atoms with Gasteiger partial charge in [0, 0.05) is 13.0 Å². The van der Waals surface area contributed by atoms with Gasteiger partial charge in [-0.15, -0.1) is 0 Å². The Balaban J connectivity index is 2.46. The molecular formula is C14H26F2O. The van der Waals surface area contributed by atoms with Crippen molar-refractivity contribution in [3.63, 3.8) is 0 Å². The van der Waals surface area contributed by atoms with Crippen LogP contribution in [0.25, 0.3) is 0 Å². The molecular weight excluding hydrogens is 222 g/mol. The molecule has 1 fully saturated rings. The number of hydrogen-bond acceptors (Lipinski definition) is 1. The number of alkyl halides is 2. The van der Waals surface area contributed by atoms with Gasteiger partial charge in [0.05, 0.1) is 6.10 Å². The zero-order valence-electron chi connectivity index (χ0n) is 11.6. The molecule has 1 nitrogen and oxygen atoms in total. The van der Waals surface area contributed by atoms with Crippen molar-refractivity contribution >= 4 is 0 Å². The molecule has 1 heterocycles. The van der Waals surface area contributed by atoms with Gasteiger partial charge in [0.15, 0.2) is 0 Å². The third kappa shape index (κ3) is 5.80. The van der Waals surface area contributed by atoms with Gasteiger partial charge in [-0.05, 0) is 36.5 Å². The zero-order chi connectivity index (χ0) is 13.1. The monoisotopic (exact) mass is 248 g/mol. The van der Waals surface area contributed by atoms with Crippen LogP contribution < -0.4 is 0 Å². The van der Waals surface area contributed by atoms with Crippen LogP contribution in [0.2, 0.25) is 0 Å². The van der Waals surface area contributed by atoms with Crippen LogP contribution in [0.1, 0.15) is 59.8 Å². The fourth-order valence-corrected chi connectivity index (χ4v) is 3.28. The highest BCUT2D eigenvalue weighted by Crippen LogP contribution is 2.41. The summed E-state index contributed by atoms with van der Waals surface area (Å²) >= 11 is 0. The van der Waals surface area contributed by atoms with Crippen molar-refractivity contribution in [1.29, 1.82) is 0 Å². The molecule has 17 heavy (non-hydrogen) atoms. The van der Waals surface area contributed by atoms with Gasteiger partial charge in [0.2, 0.25) is 6.43 Å². The van der Waals surface area contributed by atoms with Gasteiger partial charge in [-0.2, -0.15) is 0 Å². The molecule has 1 unspecified atom stereocenters. The van der Waals surface area contributed by atoms with E-state index in [1.807, 2.05) is 13.8 Å². The average Bonchev–Trinajstić information content (AvgIpc) is 2.49. The third-order valence-electron chi connectivity index (χ3n) is 3.47. The van der Waals surface area contributed by atoms with Crippen molar-refractivity contribution in [2.24, 2.45) is 10.8 Å². The van der Waals surface area contributed by atoms with Crippen LogP contribution in [0.15, 0.2) is 0 Å². The van der Waals surface area contributed by atoms with E-state index in [0.29, 0.717) is 6.10 Å². The van der Waals surface area contributed by atoms with E-state index in [4.69, 9.17) is 4.74 Å². The Labute approximate surface area is 104 Å². The zero-order valence-corrected chi connectivity index (χ0v) is 11.6. The van der Waals surface area contributed by atoms with Gasteiger partial charge in [-0.25, -0.2) is 8.78 Å². The lowest BCUT2D eigenvalue weighted by atomic mass is 9.71. The molecule has 0 aliphatic carbocycles. The second kappa shape index (κ2) is 5.64. The molecule has 0 aromatic heterocycles. The molecule has 1 aliphatic rings. The Bertz CT molecular complexity index is 230. The minimum atomic E-state index is -2.21. The van der Waals surface area contributed by atoms with E-state index in [1.54, 1.807) is 0 Å². The van der Waals surface area contributed by atoms with Crippen LogP contribution in [-0.4, -0.2) is 19.1 Å². The van der Waals surface area contributed by atoms with E-state index in [9.17, 15) is 8.78 Å². The first kappa shape index (κ1) is 14.9. The average molecular weight is 248 g/mol. The Morgan fingerprint density at radius 2 is 1.82 bits per heavy atom. The summed E-state index contributed by atoms with van der Waals surface area (Å²) in [5.74, 6) is 0. The van der Waals surface area contributed by atoms with Crippen LogP contribution in [0, 0.1) is 10.8 Å². The van der Waals surface area contributed by atoms with E-state index in [-0.39, 0.29) is 17.3 Å². The maximum Gasteiger partial charge on any atom is 0.239 e. The lowest BCUT2D eigenvalue weighted by molar-refractivity contribution is 0.0328. The summed E-state index contributed by atoms with van der Waals surface area (Å²) in [6.07, 6.45) is 2.20. The van der Waals surface area contributed by atoms with Crippen molar-refractivity contribution in [2.45, 2.75) is 72.3 Å². The highest BCUT2D eigenvalue weighted by molar-refractivity contribution is 4.83. The first-order valence-electron chi connectivity index (χ1n) is 6.60. The first-order valence-corrected chi connectivity index (χ1v) is 6.60. The van der Waals surface area contributed by atoms with Crippen molar-refractivity contribution in [2.75, 3.05) is 6.61 Å². The molecule has 0 spiro atoms. The molecule has 102 valence electrons. The van der Waals surface area contributed by atoms with Crippen LogP contribution in [-0.2, 0) is 4.74 Å². The molecule has 0 aromatic carbocycles. The Morgan fingerprint density at radius 3 is 2.29 bits per heavy atom. The molecule has 1 aliphatic heterocycles. The smallest absolute Gasteiger partial charge is 0.239 e. The summed E-state index contributed by atoms with van der Waals surface area (Å²) < 4.78 is 30.6. The number of rotatable bonds is 6. The lowest BCUT2D eigenvalue weighted by Gasteiger charge is -2.36. The molecule has 1 rings (SSSR count). The third-order valence-corrected chi connectivity index (χ3v) is 3.47. The van der Waals surface area contributed by atoms with Crippen LogP contribution in [0.3, 0.4) is 0 Å². The Kier molecular flexibility index (Phi) is 4.94. The second-order valence-electron chi connectivity index (χ2n) is 6.94. The summed E-state index contributed by atoms with van der Waals surface area (Å²) in [6.45, 7) is 9.08. The molecule has 0 aromatic rings. The largest absolute Gasteiger partial charge is 0.378 e. The quantitative estimate of drug-likeness (QED) is 0.664. The molecule has 1 saturated heterocycles. The SMILES string of the molecule is CC(C)(CC(F)F)CC(C)(C)CC1CCCO1. The van der Waals surface area contributed by atoms with Crippen LogP contribution in [0.4, 0.5) is 8.78 Å². The van der Waals surface area contributed by atoms with Crippen molar-refractivity contribution < 1.29 is 13.5 Å². The maximum absolute atomic E-state index is 12.5. The minimum Gasteiger partial charge on any atom is -0.378 e. The predicted molar refractivity (Wildman–Crippen MR) is 66.4 cm³/mol. The molecule has 0 radical (unpaired) electrons. The molecule has 1 atom stereocenters. The molecule has 0 bridgehead atoms. The Morgan fingerprint density at radius 1 is 1.18 bits per heavy atom. The number of halogens is 2. The first-order chi connectivity index (χ1) is 7.70. The standard InChI is InChI=1S/C14H26F2O/c1-13(2,8-11-6-5-7-17-11)10-14(3,4)9-12(15)16/h11-12H,5-10H2,1-4H3. The highest BCUT2D eigenvalue weighted by atomic mass is 19.3. The van der Waals surface area contributed by atoms with Gasteiger partial charge >= 0.3 is 0 Å². The maximum atomic E-state index is 12.5.